The zero-order valence-corrected chi connectivity index (χ0v) is 13.9. The van der Waals surface area contributed by atoms with Crippen molar-refractivity contribution in [2.75, 3.05) is 13.7 Å². The normalized spacial score (nSPS) is 11.8. The minimum atomic E-state index is -0.214. The Morgan fingerprint density at radius 3 is 2.32 bits per heavy atom. The molecule has 0 saturated carbocycles. The average molecular weight is 338 g/mol. The highest BCUT2D eigenvalue weighted by atomic mass is 35.5. The summed E-state index contributed by atoms with van der Waals surface area (Å²) in [5.74, 6) is 0.376. The van der Waals surface area contributed by atoms with Crippen LogP contribution in [-0.2, 0) is 0 Å². The number of hydrogen-bond acceptors (Lipinski definition) is 2. The lowest BCUT2D eigenvalue weighted by Gasteiger charge is -2.14. The number of amides is 1. The van der Waals surface area contributed by atoms with Gasteiger partial charge >= 0.3 is 0 Å². The van der Waals surface area contributed by atoms with E-state index in [0.29, 0.717) is 27.9 Å². The SMILES string of the molecule is COc1c(Cl)cc(C(=O)NC[C@@H](C)c2ccccc2)cc1Cl. The molecule has 5 heteroatoms. The van der Waals surface area contributed by atoms with Gasteiger partial charge in [-0.1, -0.05) is 60.5 Å². The Bertz CT molecular complexity index is 636. The van der Waals surface area contributed by atoms with Crippen LogP contribution in [0.15, 0.2) is 42.5 Å². The monoisotopic (exact) mass is 337 g/mol. The summed E-state index contributed by atoms with van der Waals surface area (Å²) in [5, 5.41) is 3.52. The van der Waals surface area contributed by atoms with Crippen LogP contribution in [0, 0.1) is 0 Å². The Labute approximate surface area is 140 Å². The molecule has 0 fully saturated rings. The highest BCUT2D eigenvalue weighted by molar-refractivity contribution is 6.37. The molecule has 0 aliphatic rings. The van der Waals surface area contributed by atoms with Gasteiger partial charge in [-0.2, -0.15) is 0 Å². The third-order valence-corrected chi connectivity index (χ3v) is 3.96. The minimum absolute atomic E-state index is 0.214. The van der Waals surface area contributed by atoms with E-state index in [4.69, 9.17) is 27.9 Å². The first-order valence-electron chi connectivity index (χ1n) is 6.89. The Morgan fingerprint density at radius 1 is 1.18 bits per heavy atom. The van der Waals surface area contributed by atoms with Crippen molar-refractivity contribution < 1.29 is 9.53 Å². The van der Waals surface area contributed by atoms with Crippen LogP contribution < -0.4 is 10.1 Å². The summed E-state index contributed by atoms with van der Waals surface area (Å²) in [6, 6.07) is 13.1. The van der Waals surface area contributed by atoms with E-state index in [0.717, 1.165) is 0 Å². The molecule has 116 valence electrons. The van der Waals surface area contributed by atoms with Gasteiger partial charge in [-0.15, -0.1) is 0 Å². The van der Waals surface area contributed by atoms with Gasteiger partial charge in [0, 0.05) is 12.1 Å². The van der Waals surface area contributed by atoms with E-state index in [9.17, 15) is 4.79 Å². The maximum atomic E-state index is 12.2. The molecule has 2 aromatic rings. The van der Waals surface area contributed by atoms with Gasteiger partial charge in [-0.25, -0.2) is 0 Å². The quantitative estimate of drug-likeness (QED) is 0.869. The van der Waals surface area contributed by atoms with Crippen molar-refractivity contribution in [2.24, 2.45) is 0 Å². The smallest absolute Gasteiger partial charge is 0.251 e. The molecule has 0 unspecified atom stereocenters. The molecule has 0 bridgehead atoms. The first-order valence-corrected chi connectivity index (χ1v) is 7.64. The summed E-state index contributed by atoms with van der Waals surface area (Å²) < 4.78 is 5.07. The van der Waals surface area contributed by atoms with Crippen LogP contribution in [0.2, 0.25) is 10.0 Å². The summed E-state index contributed by atoms with van der Waals surface area (Å²) >= 11 is 12.1. The summed E-state index contributed by atoms with van der Waals surface area (Å²) in [5.41, 5.74) is 1.59. The first-order chi connectivity index (χ1) is 10.5. The van der Waals surface area contributed by atoms with Crippen molar-refractivity contribution in [1.82, 2.24) is 5.32 Å². The summed E-state index contributed by atoms with van der Waals surface area (Å²) in [4.78, 5) is 12.2. The van der Waals surface area contributed by atoms with E-state index in [2.05, 4.69) is 12.2 Å². The lowest BCUT2D eigenvalue weighted by molar-refractivity contribution is 0.0951. The van der Waals surface area contributed by atoms with Crippen molar-refractivity contribution in [3.63, 3.8) is 0 Å². The zero-order valence-electron chi connectivity index (χ0n) is 12.4. The summed E-state index contributed by atoms with van der Waals surface area (Å²) in [6.07, 6.45) is 0. The van der Waals surface area contributed by atoms with Crippen LogP contribution in [-0.4, -0.2) is 19.6 Å². The lowest BCUT2D eigenvalue weighted by atomic mass is 10.0. The second-order valence-corrected chi connectivity index (χ2v) is 5.81. The molecule has 0 aromatic heterocycles. The molecule has 0 saturated heterocycles. The number of carbonyl (C=O) groups excluding carboxylic acids is 1. The van der Waals surface area contributed by atoms with Gasteiger partial charge < -0.3 is 10.1 Å². The fourth-order valence-corrected chi connectivity index (χ4v) is 2.77. The molecule has 1 N–H and O–H groups in total. The lowest BCUT2D eigenvalue weighted by Crippen LogP contribution is -2.27. The molecule has 3 nitrogen and oxygen atoms in total. The first kappa shape index (κ1) is 16.7. The van der Waals surface area contributed by atoms with E-state index >= 15 is 0 Å². The van der Waals surface area contributed by atoms with Crippen LogP contribution in [0.4, 0.5) is 0 Å². The predicted molar refractivity (Wildman–Crippen MR) is 90.2 cm³/mol. The molecular formula is C17H17Cl2NO2. The van der Waals surface area contributed by atoms with E-state index < -0.39 is 0 Å². The molecule has 1 amide bonds. The molecule has 0 radical (unpaired) electrons. The number of nitrogens with one attached hydrogen (secondary N) is 1. The minimum Gasteiger partial charge on any atom is -0.494 e. The highest BCUT2D eigenvalue weighted by Gasteiger charge is 2.14. The maximum absolute atomic E-state index is 12.2. The van der Waals surface area contributed by atoms with Gasteiger partial charge in [-0.05, 0) is 23.6 Å². The van der Waals surface area contributed by atoms with Gasteiger partial charge in [0.1, 0.15) is 0 Å². The van der Waals surface area contributed by atoms with Crippen molar-refractivity contribution in [3.8, 4) is 5.75 Å². The fraction of sp³-hybridized carbons (Fsp3) is 0.235. The average Bonchev–Trinajstić information content (AvgIpc) is 2.52. The van der Waals surface area contributed by atoms with E-state index in [1.165, 1.54) is 12.7 Å². The highest BCUT2D eigenvalue weighted by Crippen LogP contribution is 2.33. The number of ether oxygens (including phenoxy) is 1. The topological polar surface area (TPSA) is 38.3 Å². The van der Waals surface area contributed by atoms with Gasteiger partial charge in [-0.3, -0.25) is 4.79 Å². The fourth-order valence-electron chi connectivity index (χ4n) is 2.13. The standard InChI is InChI=1S/C17H17Cl2NO2/c1-11(12-6-4-3-5-7-12)10-20-17(21)13-8-14(18)16(22-2)15(19)9-13/h3-9,11H,10H2,1-2H3,(H,20,21)/t11-/m1/s1. The van der Waals surface area contributed by atoms with Crippen molar-refractivity contribution >= 4 is 29.1 Å². The second-order valence-electron chi connectivity index (χ2n) is 4.99. The van der Waals surface area contributed by atoms with Crippen LogP contribution in [0.3, 0.4) is 0 Å². The van der Waals surface area contributed by atoms with E-state index in [1.54, 1.807) is 12.1 Å². The molecule has 0 aliphatic heterocycles. The molecule has 0 aliphatic carbocycles. The molecule has 2 aromatic carbocycles. The Kier molecular flexibility index (Phi) is 5.69. The third-order valence-electron chi connectivity index (χ3n) is 3.40. The molecule has 22 heavy (non-hydrogen) atoms. The number of methoxy groups -OCH3 is 1. The Balaban J connectivity index is 2.04. The largest absolute Gasteiger partial charge is 0.494 e. The van der Waals surface area contributed by atoms with Crippen LogP contribution in [0.1, 0.15) is 28.8 Å². The van der Waals surface area contributed by atoms with Gasteiger partial charge in [0.15, 0.2) is 5.75 Å². The molecule has 0 spiro atoms. The molecule has 0 heterocycles. The van der Waals surface area contributed by atoms with Gasteiger partial charge in [0.2, 0.25) is 0 Å². The number of carbonyl (C=O) groups is 1. The molecule has 1 atom stereocenters. The summed E-state index contributed by atoms with van der Waals surface area (Å²) in [7, 11) is 1.48. The Hall–Kier alpha value is -1.71. The predicted octanol–water partition coefficient (Wildman–Crippen LogP) is 4.54. The number of hydrogen-bond donors (Lipinski definition) is 1. The third kappa shape index (κ3) is 3.93. The van der Waals surface area contributed by atoms with Crippen LogP contribution >= 0.6 is 23.2 Å². The van der Waals surface area contributed by atoms with Crippen molar-refractivity contribution in [3.05, 3.63) is 63.6 Å². The molecular weight excluding hydrogens is 321 g/mol. The van der Waals surface area contributed by atoms with Crippen molar-refractivity contribution in [1.29, 1.82) is 0 Å². The van der Waals surface area contributed by atoms with Crippen molar-refractivity contribution in [2.45, 2.75) is 12.8 Å². The zero-order chi connectivity index (χ0) is 16.1. The van der Waals surface area contributed by atoms with E-state index in [1.807, 2.05) is 30.3 Å². The second kappa shape index (κ2) is 7.52. The van der Waals surface area contributed by atoms with Gasteiger partial charge in [0.25, 0.3) is 5.91 Å². The number of rotatable bonds is 5. The number of halogens is 2. The maximum Gasteiger partial charge on any atom is 0.251 e. The van der Waals surface area contributed by atoms with Crippen LogP contribution in [0.5, 0.6) is 5.75 Å². The Morgan fingerprint density at radius 2 is 1.77 bits per heavy atom. The van der Waals surface area contributed by atoms with Crippen LogP contribution in [0.25, 0.3) is 0 Å². The summed E-state index contributed by atoms with van der Waals surface area (Å²) in [6.45, 7) is 2.59. The molecule has 2 rings (SSSR count). The van der Waals surface area contributed by atoms with Gasteiger partial charge in [0.05, 0.1) is 17.2 Å². The number of benzene rings is 2. The van der Waals surface area contributed by atoms with E-state index in [-0.39, 0.29) is 11.8 Å².